The van der Waals surface area contributed by atoms with E-state index >= 15 is 0 Å². The fraction of sp³-hybridized carbons (Fsp3) is 0.667. The molecule has 0 saturated carbocycles. The molecule has 0 aliphatic carbocycles. The minimum atomic E-state index is 0.0789. The number of oxazole rings is 1. The molecule has 0 unspecified atom stereocenters. The predicted octanol–water partition coefficient (Wildman–Crippen LogP) is 1.47. The second kappa shape index (κ2) is 3.27. The maximum atomic E-state index is 5.27. The van der Waals surface area contributed by atoms with Crippen LogP contribution in [0.15, 0.2) is 17.0 Å². The molecule has 0 N–H and O–H groups in total. The zero-order valence-corrected chi connectivity index (χ0v) is 8.13. The lowest BCUT2D eigenvalue weighted by Gasteiger charge is -2.07. The number of rotatable bonds is 2. The summed E-state index contributed by atoms with van der Waals surface area (Å²) in [7, 11) is 1.66. The number of methoxy groups -OCH3 is 1. The molecule has 12 heavy (non-hydrogen) atoms. The van der Waals surface area contributed by atoms with Crippen LogP contribution in [0.25, 0.3) is 0 Å². The summed E-state index contributed by atoms with van der Waals surface area (Å²) in [5.41, 5.74) is 0.0789. The van der Waals surface area contributed by atoms with Crippen LogP contribution in [-0.4, -0.2) is 7.11 Å². The fourth-order valence-corrected chi connectivity index (χ4v) is 0.906. The zero-order valence-electron chi connectivity index (χ0n) is 8.13. The third-order valence-corrected chi connectivity index (χ3v) is 1.66. The maximum Gasteiger partial charge on any atom is 0.335 e. The molecule has 0 bridgehead atoms. The molecule has 0 saturated heterocycles. The quantitative estimate of drug-likeness (QED) is 0.628. The second-order valence-corrected chi connectivity index (χ2v) is 3.83. The Balaban J connectivity index is 2.77. The Labute approximate surface area is 73.0 Å². The van der Waals surface area contributed by atoms with Crippen LogP contribution in [0.4, 0.5) is 0 Å². The molecule has 0 aliphatic rings. The van der Waals surface area contributed by atoms with E-state index in [1.807, 2.05) is 10.8 Å². The molecule has 0 amide bonds. The molecule has 1 aromatic rings. The van der Waals surface area contributed by atoms with E-state index < -0.39 is 0 Å². The monoisotopic (exact) mass is 170 g/mol. The van der Waals surface area contributed by atoms with Gasteiger partial charge in [-0.15, -0.1) is 0 Å². The van der Waals surface area contributed by atoms with Crippen LogP contribution in [-0.2, 0) is 16.9 Å². The van der Waals surface area contributed by atoms with E-state index in [4.69, 9.17) is 9.15 Å². The first-order chi connectivity index (χ1) is 5.54. The van der Waals surface area contributed by atoms with E-state index in [1.54, 1.807) is 13.5 Å². The van der Waals surface area contributed by atoms with E-state index in [9.17, 15) is 0 Å². The smallest absolute Gasteiger partial charge is 0.335 e. The van der Waals surface area contributed by atoms with Crippen molar-refractivity contribution in [3.8, 4) is 0 Å². The molecule has 0 spiro atoms. The Kier molecular flexibility index (Phi) is 2.52. The number of aromatic nitrogens is 1. The molecule has 1 rings (SSSR count). The van der Waals surface area contributed by atoms with E-state index in [0.717, 1.165) is 5.76 Å². The van der Waals surface area contributed by atoms with Gasteiger partial charge in [-0.2, -0.15) is 4.57 Å². The van der Waals surface area contributed by atoms with Gasteiger partial charge in [0.15, 0.2) is 11.3 Å². The third kappa shape index (κ3) is 2.08. The molecular weight excluding hydrogens is 154 g/mol. The molecule has 0 atom stereocenters. The van der Waals surface area contributed by atoms with Crippen molar-refractivity contribution >= 4 is 0 Å². The summed E-state index contributed by atoms with van der Waals surface area (Å²) >= 11 is 0. The van der Waals surface area contributed by atoms with Gasteiger partial charge in [-0.3, -0.25) is 0 Å². The van der Waals surface area contributed by atoms with Gasteiger partial charge in [-0.1, -0.05) is 0 Å². The summed E-state index contributed by atoms with van der Waals surface area (Å²) in [6.07, 6.45) is 3.68. The Bertz CT molecular complexity index is 247. The lowest BCUT2D eigenvalue weighted by molar-refractivity contribution is -0.756. The fourth-order valence-electron chi connectivity index (χ4n) is 0.906. The largest absolute Gasteiger partial charge is 0.406 e. The first-order valence-corrected chi connectivity index (χ1v) is 4.02. The summed E-state index contributed by atoms with van der Waals surface area (Å²) < 4.78 is 12.2. The SMILES string of the molecule is COCc1c[n+](C(C)(C)C)co1. The second-order valence-electron chi connectivity index (χ2n) is 3.83. The van der Waals surface area contributed by atoms with Crippen LogP contribution >= 0.6 is 0 Å². The zero-order chi connectivity index (χ0) is 9.19. The number of nitrogens with zero attached hydrogens (tertiary/aromatic N) is 1. The van der Waals surface area contributed by atoms with Crippen molar-refractivity contribution in [2.45, 2.75) is 32.9 Å². The highest BCUT2D eigenvalue weighted by Crippen LogP contribution is 2.06. The molecule has 1 aromatic heterocycles. The van der Waals surface area contributed by atoms with E-state index in [-0.39, 0.29) is 5.54 Å². The minimum Gasteiger partial charge on any atom is -0.406 e. The summed E-state index contributed by atoms with van der Waals surface area (Å²) in [6, 6.07) is 0. The van der Waals surface area contributed by atoms with Gasteiger partial charge < -0.3 is 9.15 Å². The Morgan fingerprint density at radius 2 is 2.17 bits per heavy atom. The molecule has 3 heteroatoms. The minimum absolute atomic E-state index is 0.0789. The average Bonchev–Trinajstić information content (AvgIpc) is 2.35. The number of ether oxygens (including phenoxy) is 1. The summed E-state index contributed by atoms with van der Waals surface area (Å²) in [4.78, 5) is 0. The Morgan fingerprint density at radius 1 is 1.50 bits per heavy atom. The third-order valence-electron chi connectivity index (χ3n) is 1.66. The summed E-state index contributed by atoms with van der Waals surface area (Å²) in [5, 5.41) is 0. The van der Waals surface area contributed by atoms with Gasteiger partial charge in [0, 0.05) is 27.9 Å². The van der Waals surface area contributed by atoms with Crippen molar-refractivity contribution in [2.24, 2.45) is 0 Å². The summed E-state index contributed by atoms with van der Waals surface area (Å²) in [6.45, 7) is 6.90. The normalized spacial score (nSPS) is 12.0. The van der Waals surface area contributed by atoms with Crippen LogP contribution in [0.1, 0.15) is 26.5 Å². The van der Waals surface area contributed by atoms with Crippen molar-refractivity contribution in [3.05, 3.63) is 18.4 Å². The predicted molar refractivity (Wildman–Crippen MR) is 44.6 cm³/mol. The van der Waals surface area contributed by atoms with Crippen molar-refractivity contribution in [1.82, 2.24) is 0 Å². The van der Waals surface area contributed by atoms with Crippen LogP contribution in [0.2, 0.25) is 0 Å². The standard InChI is InChI=1S/C9H16NO2/c1-9(2,3)10-5-8(6-11-4)12-7-10/h5,7H,6H2,1-4H3/q+1. The Morgan fingerprint density at radius 3 is 2.58 bits per heavy atom. The van der Waals surface area contributed by atoms with Crippen molar-refractivity contribution in [1.29, 1.82) is 0 Å². The van der Waals surface area contributed by atoms with E-state index in [0.29, 0.717) is 6.61 Å². The molecule has 0 aromatic carbocycles. The number of hydrogen-bond donors (Lipinski definition) is 0. The van der Waals surface area contributed by atoms with Gasteiger partial charge in [-0.05, 0) is 0 Å². The van der Waals surface area contributed by atoms with Gasteiger partial charge in [0.1, 0.15) is 6.61 Å². The van der Waals surface area contributed by atoms with Gasteiger partial charge >= 0.3 is 6.39 Å². The molecule has 68 valence electrons. The summed E-state index contributed by atoms with van der Waals surface area (Å²) in [5.74, 6) is 0.854. The van der Waals surface area contributed by atoms with Crippen LogP contribution in [0.5, 0.6) is 0 Å². The lowest BCUT2D eigenvalue weighted by atomic mass is 10.1. The number of hydrogen-bond acceptors (Lipinski definition) is 2. The van der Waals surface area contributed by atoms with Crippen molar-refractivity contribution in [2.75, 3.05) is 7.11 Å². The van der Waals surface area contributed by atoms with Crippen LogP contribution in [0.3, 0.4) is 0 Å². The highest BCUT2D eigenvalue weighted by Gasteiger charge is 2.23. The van der Waals surface area contributed by atoms with Gasteiger partial charge in [-0.25, -0.2) is 0 Å². The van der Waals surface area contributed by atoms with Crippen molar-refractivity contribution < 1.29 is 13.7 Å². The topological polar surface area (TPSA) is 26.2 Å². The molecule has 0 fully saturated rings. The molecular formula is C9H16NO2+. The molecule has 0 radical (unpaired) electrons. The van der Waals surface area contributed by atoms with E-state index in [2.05, 4.69) is 20.8 Å². The first-order valence-electron chi connectivity index (χ1n) is 4.02. The maximum absolute atomic E-state index is 5.27. The van der Waals surface area contributed by atoms with Gasteiger partial charge in [0.05, 0.1) is 0 Å². The Hall–Kier alpha value is -0.830. The van der Waals surface area contributed by atoms with Gasteiger partial charge in [0.25, 0.3) is 0 Å². The average molecular weight is 170 g/mol. The van der Waals surface area contributed by atoms with Gasteiger partial charge in [0.2, 0.25) is 6.20 Å². The van der Waals surface area contributed by atoms with Crippen molar-refractivity contribution in [3.63, 3.8) is 0 Å². The first kappa shape index (κ1) is 9.26. The lowest BCUT2D eigenvalue weighted by Crippen LogP contribution is -2.48. The highest BCUT2D eigenvalue weighted by atomic mass is 16.5. The molecule has 0 aliphatic heterocycles. The highest BCUT2D eigenvalue weighted by molar-refractivity contribution is 4.80. The van der Waals surface area contributed by atoms with E-state index in [1.165, 1.54) is 0 Å². The molecule has 1 heterocycles. The molecule has 3 nitrogen and oxygen atoms in total. The van der Waals surface area contributed by atoms with Crippen LogP contribution in [0, 0.1) is 0 Å². The van der Waals surface area contributed by atoms with Crippen LogP contribution < -0.4 is 4.57 Å².